The monoisotopic (exact) mass is 357 g/mol. The molecule has 8 nitrogen and oxygen atoms in total. The number of nitrogens with zero attached hydrogens (tertiary/aromatic N) is 3. The lowest BCUT2D eigenvalue weighted by Crippen LogP contribution is -2.51. The van der Waals surface area contributed by atoms with Crippen LogP contribution in [0.1, 0.15) is 13.3 Å². The number of hydrogen-bond acceptors (Lipinski definition) is 7. The Morgan fingerprint density at radius 1 is 1.29 bits per heavy atom. The fourth-order valence-electron chi connectivity index (χ4n) is 3.08. The molecule has 1 unspecified atom stereocenters. The second-order valence-corrected chi connectivity index (χ2v) is 7.90. The fraction of sp³-hybridized carbons (Fsp3) is 0.600. The average molecular weight is 357 g/mol. The molecule has 1 atom stereocenters. The van der Waals surface area contributed by atoms with Gasteiger partial charge in [-0.1, -0.05) is 13.0 Å². The van der Waals surface area contributed by atoms with E-state index in [-0.39, 0.29) is 23.2 Å². The zero-order valence-corrected chi connectivity index (χ0v) is 14.7. The van der Waals surface area contributed by atoms with Gasteiger partial charge in [-0.3, -0.25) is 15.0 Å². The number of sulfone groups is 1. The largest absolute Gasteiger partial charge is 0.395 e. The molecule has 0 spiro atoms. The summed E-state index contributed by atoms with van der Waals surface area (Å²) in [5.74, 6) is 0. The van der Waals surface area contributed by atoms with Crippen molar-refractivity contribution in [3.8, 4) is 0 Å². The first kappa shape index (κ1) is 18.6. The minimum absolute atomic E-state index is 0.0835. The van der Waals surface area contributed by atoms with Crippen LogP contribution in [-0.4, -0.2) is 68.4 Å². The summed E-state index contributed by atoms with van der Waals surface area (Å²) in [5, 5.41) is 20.9. The number of nitro benzene ring substituents is 1. The van der Waals surface area contributed by atoms with Crippen LogP contribution in [0.4, 0.5) is 11.4 Å². The Balaban J connectivity index is 2.30. The van der Waals surface area contributed by atoms with Crippen LogP contribution in [0.3, 0.4) is 0 Å². The highest BCUT2D eigenvalue weighted by Gasteiger charge is 2.31. The van der Waals surface area contributed by atoms with E-state index >= 15 is 0 Å². The molecule has 0 radical (unpaired) electrons. The number of hydrogen-bond donors (Lipinski definition) is 1. The van der Waals surface area contributed by atoms with Crippen LogP contribution < -0.4 is 4.90 Å². The third-order valence-corrected chi connectivity index (χ3v) is 5.54. The van der Waals surface area contributed by atoms with Gasteiger partial charge in [0.25, 0.3) is 0 Å². The predicted molar refractivity (Wildman–Crippen MR) is 91.2 cm³/mol. The molecule has 1 aromatic carbocycles. The second-order valence-electron chi connectivity index (χ2n) is 5.92. The molecule has 0 amide bonds. The maximum Gasteiger partial charge on any atom is 0.311 e. The van der Waals surface area contributed by atoms with E-state index in [2.05, 4.69) is 4.90 Å². The number of piperazine rings is 1. The summed E-state index contributed by atoms with van der Waals surface area (Å²) in [7, 11) is -3.68. The van der Waals surface area contributed by atoms with Gasteiger partial charge >= 0.3 is 5.69 Å². The van der Waals surface area contributed by atoms with E-state index in [0.717, 1.165) is 12.7 Å². The van der Waals surface area contributed by atoms with Crippen molar-refractivity contribution in [2.24, 2.45) is 0 Å². The Bertz CT molecular complexity index is 695. The summed E-state index contributed by atoms with van der Waals surface area (Å²) in [6, 6.07) is 4.48. The van der Waals surface area contributed by atoms with Gasteiger partial charge in [0.1, 0.15) is 10.6 Å². The highest BCUT2D eigenvalue weighted by atomic mass is 32.2. The maximum absolute atomic E-state index is 11.9. The third kappa shape index (κ3) is 3.85. The number of aliphatic hydroxyl groups is 1. The number of para-hydroxylation sites is 1. The SMILES string of the molecule is CCC(CO)N1CCN(c2cccc(S(C)(=O)=O)c2[N+](=O)[O-])CC1. The average Bonchev–Trinajstić information content (AvgIpc) is 2.55. The van der Waals surface area contributed by atoms with E-state index in [4.69, 9.17) is 0 Å². The molecular weight excluding hydrogens is 334 g/mol. The number of rotatable bonds is 6. The van der Waals surface area contributed by atoms with Crippen LogP contribution in [0.5, 0.6) is 0 Å². The molecular formula is C15H23N3O5S. The lowest BCUT2D eigenvalue weighted by Gasteiger charge is -2.39. The first-order chi connectivity index (χ1) is 11.3. The van der Waals surface area contributed by atoms with Gasteiger partial charge in [-0.2, -0.15) is 0 Å². The Labute approximate surface area is 141 Å². The minimum Gasteiger partial charge on any atom is -0.395 e. The van der Waals surface area contributed by atoms with Gasteiger partial charge in [-0.15, -0.1) is 0 Å². The van der Waals surface area contributed by atoms with Crippen molar-refractivity contribution in [1.29, 1.82) is 0 Å². The Hall–Kier alpha value is -1.71. The number of anilines is 1. The molecule has 1 aromatic rings. The molecule has 24 heavy (non-hydrogen) atoms. The number of aliphatic hydroxyl groups excluding tert-OH is 1. The molecule has 2 rings (SSSR count). The van der Waals surface area contributed by atoms with Crippen LogP contribution in [0.2, 0.25) is 0 Å². The lowest BCUT2D eigenvalue weighted by atomic mass is 10.1. The molecule has 9 heteroatoms. The molecule has 1 fully saturated rings. The van der Waals surface area contributed by atoms with E-state index in [0.29, 0.717) is 31.9 Å². The van der Waals surface area contributed by atoms with Crippen LogP contribution in [0, 0.1) is 10.1 Å². The van der Waals surface area contributed by atoms with Crippen molar-refractivity contribution >= 4 is 21.2 Å². The van der Waals surface area contributed by atoms with E-state index in [9.17, 15) is 23.6 Å². The first-order valence-electron chi connectivity index (χ1n) is 7.87. The van der Waals surface area contributed by atoms with Crippen molar-refractivity contribution in [2.75, 3.05) is 43.9 Å². The van der Waals surface area contributed by atoms with Crippen LogP contribution >= 0.6 is 0 Å². The molecule has 1 aliphatic heterocycles. The third-order valence-electron chi connectivity index (χ3n) is 4.41. The first-order valence-corrected chi connectivity index (χ1v) is 9.76. The smallest absolute Gasteiger partial charge is 0.311 e. The van der Waals surface area contributed by atoms with Gasteiger partial charge in [-0.05, 0) is 18.6 Å². The standard InChI is InChI=1S/C15H23N3O5S/c1-3-12(11-19)16-7-9-17(10-8-16)13-5-4-6-14(24(2,22)23)15(13)18(20)21/h4-6,12,19H,3,7-11H2,1-2H3. The predicted octanol–water partition coefficient (Wildman–Crippen LogP) is 0.891. The van der Waals surface area contributed by atoms with E-state index in [1.807, 2.05) is 11.8 Å². The van der Waals surface area contributed by atoms with Gasteiger partial charge in [0, 0.05) is 38.5 Å². The zero-order valence-electron chi connectivity index (χ0n) is 13.9. The van der Waals surface area contributed by atoms with E-state index in [1.165, 1.54) is 12.1 Å². The number of benzene rings is 1. The van der Waals surface area contributed by atoms with Crippen molar-refractivity contribution in [1.82, 2.24) is 4.90 Å². The fourth-order valence-corrected chi connectivity index (χ4v) is 3.94. The molecule has 0 saturated carbocycles. The minimum atomic E-state index is -3.68. The molecule has 134 valence electrons. The summed E-state index contributed by atoms with van der Waals surface area (Å²) in [5.41, 5.74) is -0.0257. The summed E-state index contributed by atoms with van der Waals surface area (Å²) < 4.78 is 23.7. The molecule has 0 bridgehead atoms. The highest BCUT2D eigenvalue weighted by molar-refractivity contribution is 7.90. The van der Waals surface area contributed by atoms with Crippen LogP contribution in [0.25, 0.3) is 0 Å². The van der Waals surface area contributed by atoms with Crippen molar-refractivity contribution in [2.45, 2.75) is 24.3 Å². The summed E-state index contributed by atoms with van der Waals surface area (Å²) in [6.07, 6.45) is 1.81. The second kappa shape index (κ2) is 7.45. The Kier molecular flexibility index (Phi) is 5.79. The Morgan fingerprint density at radius 2 is 1.92 bits per heavy atom. The molecule has 0 aromatic heterocycles. The highest BCUT2D eigenvalue weighted by Crippen LogP contribution is 2.35. The normalized spacial score (nSPS) is 17.7. The van der Waals surface area contributed by atoms with Crippen molar-refractivity contribution < 1.29 is 18.4 Å². The molecule has 1 aliphatic rings. The van der Waals surface area contributed by atoms with Crippen LogP contribution in [0.15, 0.2) is 23.1 Å². The van der Waals surface area contributed by atoms with E-state index < -0.39 is 14.8 Å². The number of nitro groups is 1. The lowest BCUT2D eigenvalue weighted by molar-refractivity contribution is -0.387. The van der Waals surface area contributed by atoms with Gasteiger partial charge in [0.05, 0.1) is 11.5 Å². The Morgan fingerprint density at radius 3 is 2.38 bits per heavy atom. The zero-order chi connectivity index (χ0) is 17.9. The molecule has 1 saturated heterocycles. The quantitative estimate of drug-likeness (QED) is 0.595. The molecule has 0 aliphatic carbocycles. The van der Waals surface area contributed by atoms with Gasteiger partial charge in [0.2, 0.25) is 0 Å². The summed E-state index contributed by atoms with van der Waals surface area (Å²) in [4.78, 5) is 14.6. The summed E-state index contributed by atoms with van der Waals surface area (Å²) >= 11 is 0. The summed E-state index contributed by atoms with van der Waals surface area (Å²) in [6.45, 7) is 4.52. The van der Waals surface area contributed by atoms with E-state index in [1.54, 1.807) is 6.07 Å². The van der Waals surface area contributed by atoms with Crippen molar-refractivity contribution in [3.63, 3.8) is 0 Å². The van der Waals surface area contributed by atoms with Crippen LogP contribution in [-0.2, 0) is 9.84 Å². The van der Waals surface area contributed by atoms with Gasteiger partial charge in [0.15, 0.2) is 9.84 Å². The molecule has 1 heterocycles. The topological polar surface area (TPSA) is 104 Å². The maximum atomic E-state index is 11.9. The van der Waals surface area contributed by atoms with Gasteiger partial charge in [-0.25, -0.2) is 8.42 Å². The van der Waals surface area contributed by atoms with Crippen molar-refractivity contribution in [3.05, 3.63) is 28.3 Å². The van der Waals surface area contributed by atoms with Gasteiger partial charge < -0.3 is 10.0 Å². The molecule has 1 N–H and O–H groups in total.